The predicted octanol–water partition coefficient (Wildman–Crippen LogP) is 3.54. The monoisotopic (exact) mass is 297 g/mol. The van der Waals surface area contributed by atoms with Gasteiger partial charge in [-0.15, -0.1) is 12.4 Å². The highest BCUT2D eigenvalue weighted by molar-refractivity contribution is 6.42. The van der Waals surface area contributed by atoms with E-state index in [0.717, 1.165) is 12.0 Å². The van der Waals surface area contributed by atoms with Crippen LogP contribution in [0.5, 0.6) is 0 Å². The fourth-order valence-corrected chi connectivity index (χ4v) is 1.74. The third kappa shape index (κ3) is 5.13. The van der Waals surface area contributed by atoms with Crippen LogP contribution in [0.1, 0.15) is 24.9 Å². The number of carboxylic acids is 1. The van der Waals surface area contributed by atoms with Gasteiger partial charge in [-0.25, -0.2) is 0 Å². The molecule has 1 unspecified atom stereocenters. The van der Waals surface area contributed by atoms with E-state index in [0.29, 0.717) is 10.0 Å². The van der Waals surface area contributed by atoms with Crippen molar-refractivity contribution in [3.05, 3.63) is 33.8 Å². The summed E-state index contributed by atoms with van der Waals surface area (Å²) in [6.07, 6.45) is 0.783. The minimum absolute atomic E-state index is 0. The first-order valence-corrected chi connectivity index (χ1v) is 5.70. The number of carboxylic acid groups (broad SMARTS) is 1. The molecule has 3 nitrogen and oxygen atoms in total. The van der Waals surface area contributed by atoms with E-state index in [1.807, 2.05) is 13.0 Å². The largest absolute Gasteiger partial charge is 0.480 e. The standard InChI is InChI=1S/C11H13Cl2NO2.ClH/c1-2-10(14-6-11(15)16)7-3-4-8(12)9(13)5-7;/h3-5,10,14H,2,6H2,1H3,(H,15,16);1H. The number of aliphatic carboxylic acids is 1. The molecule has 2 N–H and O–H groups in total. The summed E-state index contributed by atoms with van der Waals surface area (Å²) in [5, 5.41) is 12.5. The van der Waals surface area contributed by atoms with Crippen LogP contribution in [0.3, 0.4) is 0 Å². The molecule has 0 aliphatic carbocycles. The summed E-state index contributed by atoms with van der Waals surface area (Å²) in [6.45, 7) is 1.90. The molecular formula is C11H14Cl3NO2. The Labute approximate surface area is 117 Å². The molecule has 0 aromatic heterocycles. The van der Waals surface area contributed by atoms with Crippen LogP contribution < -0.4 is 5.32 Å². The Morgan fingerprint density at radius 3 is 2.53 bits per heavy atom. The molecule has 1 aromatic carbocycles. The second-order valence-corrected chi connectivity index (χ2v) is 4.22. The fraction of sp³-hybridized carbons (Fsp3) is 0.364. The number of hydrogen-bond acceptors (Lipinski definition) is 2. The van der Waals surface area contributed by atoms with E-state index < -0.39 is 5.97 Å². The van der Waals surface area contributed by atoms with Gasteiger partial charge in [-0.05, 0) is 24.1 Å². The van der Waals surface area contributed by atoms with Crippen molar-refractivity contribution in [1.29, 1.82) is 0 Å². The van der Waals surface area contributed by atoms with Gasteiger partial charge in [0.25, 0.3) is 0 Å². The van der Waals surface area contributed by atoms with Crippen molar-refractivity contribution in [2.75, 3.05) is 6.54 Å². The lowest BCUT2D eigenvalue weighted by atomic mass is 10.0. The molecule has 0 radical (unpaired) electrons. The SMILES string of the molecule is CCC(NCC(=O)O)c1ccc(Cl)c(Cl)c1.Cl. The number of nitrogens with one attached hydrogen (secondary N) is 1. The van der Waals surface area contributed by atoms with Gasteiger partial charge in [-0.3, -0.25) is 4.79 Å². The summed E-state index contributed by atoms with van der Waals surface area (Å²) in [5.41, 5.74) is 0.943. The minimum atomic E-state index is -0.876. The van der Waals surface area contributed by atoms with E-state index in [9.17, 15) is 4.79 Å². The Hall–Kier alpha value is -0.480. The zero-order valence-electron chi connectivity index (χ0n) is 9.24. The molecule has 0 heterocycles. The van der Waals surface area contributed by atoms with Gasteiger partial charge in [-0.1, -0.05) is 36.2 Å². The van der Waals surface area contributed by atoms with Crippen molar-refractivity contribution in [2.24, 2.45) is 0 Å². The summed E-state index contributed by atoms with van der Waals surface area (Å²) >= 11 is 11.7. The maximum absolute atomic E-state index is 10.5. The molecule has 17 heavy (non-hydrogen) atoms. The van der Waals surface area contributed by atoms with Crippen molar-refractivity contribution in [1.82, 2.24) is 5.32 Å². The Balaban J connectivity index is 0.00000256. The second kappa shape index (κ2) is 7.77. The quantitative estimate of drug-likeness (QED) is 0.874. The van der Waals surface area contributed by atoms with Gasteiger partial charge in [0, 0.05) is 6.04 Å². The van der Waals surface area contributed by atoms with Crippen molar-refractivity contribution in [3.63, 3.8) is 0 Å². The van der Waals surface area contributed by atoms with Crippen LogP contribution in [0, 0.1) is 0 Å². The third-order valence-electron chi connectivity index (χ3n) is 2.25. The summed E-state index contributed by atoms with van der Waals surface area (Å²) in [5.74, 6) is -0.876. The molecule has 0 saturated heterocycles. The van der Waals surface area contributed by atoms with Crippen LogP contribution in [-0.4, -0.2) is 17.6 Å². The highest BCUT2D eigenvalue weighted by atomic mass is 35.5. The van der Waals surface area contributed by atoms with E-state index in [4.69, 9.17) is 28.3 Å². The molecule has 1 atom stereocenters. The Morgan fingerprint density at radius 2 is 2.06 bits per heavy atom. The fourth-order valence-electron chi connectivity index (χ4n) is 1.44. The van der Waals surface area contributed by atoms with Crippen molar-refractivity contribution < 1.29 is 9.90 Å². The highest BCUT2D eigenvalue weighted by Gasteiger charge is 2.11. The van der Waals surface area contributed by atoms with Crippen LogP contribution in [0.25, 0.3) is 0 Å². The van der Waals surface area contributed by atoms with Crippen molar-refractivity contribution >= 4 is 41.6 Å². The predicted molar refractivity (Wildman–Crippen MR) is 72.4 cm³/mol. The van der Waals surface area contributed by atoms with Gasteiger partial charge in [0.1, 0.15) is 0 Å². The lowest BCUT2D eigenvalue weighted by Crippen LogP contribution is -2.27. The molecule has 0 spiro atoms. The van der Waals surface area contributed by atoms with Crippen molar-refractivity contribution in [3.8, 4) is 0 Å². The summed E-state index contributed by atoms with van der Waals surface area (Å²) in [7, 11) is 0. The zero-order chi connectivity index (χ0) is 12.1. The van der Waals surface area contributed by atoms with E-state index >= 15 is 0 Å². The van der Waals surface area contributed by atoms with Gasteiger partial charge >= 0.3 is 5.97 Å². The molecule has 0 amide bonds. The average Bonchev–Trinajstić information content (AvgIpc) is 2.23. The molecule has 0 aliphatic rings. The van der Waals surface area contributed by atoms with Crippen LogP contribution in [0.2, 0.25) is 10.0 Å². The van der Waals surface area contributed by atoms with E-state index in [1.165, 1.54) is 0 Å². The second-order valence-electron chi connectivity index (χ2n) is 3.41. The van der Waals surface area contributed by atoms with Gasteiger partial charge in [0.05, 0.1) is 16.6 Å². The lowest BCUT2D eigenvalue weighted by Gasteiger charge is -2.16. The van der Waals surface area contributed by atoms with Crippen LogP contribution in [0.4, 0.5) is 0 Å². The van der Waals surface area contributed by atoms with Crippen LogP contribution in [0.15, 0.2) is 18.2 Å². The Morgan fingerprint density at radius 1 is 1.41 bits per heavy atom. The Kier molecular flexibility index (Phi) is 7.55. The molecule has 0 bridgehead atoms. The maximum atomic E-state index is 10.5. The van der Waals surface area contributed by atoms with E-state index in [2.05, 4.69) is 5.32 Å². The lowest BCUT2D eigenvalue weighted by molar-refractivity contribution is -0.136. The van der Waals surface area contributed by atoms with Gasteiger partial charge < -0.3 is 10.4 Å². The Bertz CT molecular complexity index is 385. The molecule has 6 heteroatoms. The average molecular weight is 299 g/mol. The van der Waals surface area contributed by atoms with E-state index in [-0.39, 0.29) is 25.0 Å². The molecule has 0 saturated carbocycles. The normalized spacial score (nSPS) is 11.7. The van der Waals surface area contributed by atoms with Gasteiger partial charge in [0.15, 0.2) is 0 Å². The number of benzene rings is 1. The smallest absolute Gasteiger partial charge is 0.317 e. The summed E-state index contributed by atoms with van der Waals surface area (Å²) in [6, 6.07) is 5.29. The first-order valence-electron chi connectivity index (χ1n) is 4.94. The van der Waals surface area contributed by atoms with Crippen LogP contribution >= 0.6 is 35.6 Å². The number of halogens is 3. The topological polar surface area (TPSA) is 49.3 Å². The molecule has 0 fully saturated rings. The highest BCUT2D eigenvalue weighted by Crippen LogP contribution is 2.26. The van der Waals surface area contributed by atoms with E-state index in [1.54, 1.807) is 12.1 Å². The third-order valence-corrected chi connectivity index (χ3v) is 2.99. The number of hydrogen-bond donors (Lipinski definition) is 2. The number of rotatable bonds is 5. The minimum Gasteiger partial charge on any atom is -0.480 e. The first-order chi connectivity index (χ1) is 7.54. The van der Waals surface area contributed by atoms with Crippen LogP contribution in [-0.2, 0) is 4.79 Å². The van der Waals surface area contributed by atoms with Crippen molar-refractivity contribution in [2.45, 2.75) is 19.4 Å². The zero-order valence-corrected chi connectivity index (χ0v) is 11.6. The molecule has 0 aliphatic heterocycles. The summed E-state index contributed by atoms with van der Waals surface area (Å²) < 4.78 is 0. The number of carbonyl (C=O) groups is 1. The maximum Gasteiger partial charge on any atom is 0.317 e. The molecule has 1 aromatic rings. The van der Waals surface area contributed by atoms with Gasteiger partial charge in [0.2, 0.25) is 0 Å². The first kappa shape index (κ1) is 16.5. The molecule has 96 valence electrons. The summed E-state index contributed by atoms with van der Waals surface area (Å²) in [4.78, 5) is 10.5. The van der Waals surface area contributed by atoms with Gasteiger partial charge in [-0.2, -0.15) is 0 Å². The molecule has 1 rings (SSSR count). The molecular weight excluding hydrogens is 284 g/mol.